The highest BCUT2D eigenvalue weighted by atomic mass is 14.1. The van der Waals surface area contributed by atoms with E-state index in [1.54, 1.807) is 0 Å². The van der Waals surface area contributed by atoms with Gasteiger partial charge in [0.2, 0.25) is 0 Å². The summed E-state index contributed by atoms with van der Waals surface area (Å²) in [6.07, 6.45) is 12.1. The molecule has 2 aliphatic carbocycles. The molecule has 2 bridgehead atoms. The summed E-state index contributed by atoms with van der Waals surface area (Å²) in [6.45, 7) is 0. The van der Waals surface area contributed by atoms with Gasteiger partial charge < -0.3 is 0 Å². The third-order valence-corrected chi connectivity index (χ3v) is 3.67. The van der Waals surface area contributed by atoms with Crippen LogP contribution in [-0.4, -0.2) is 0 Å². The minimum atomic E-state index is 1.05. The molecule has 0 amide bonds. The number of benzene rings is 2. The Morgan fingerprint density at radius 3 is 2.82 bits per heavy atom. The summed E-state index contributed by atoms with van der Waals surface area (Å²) < 4.78 is 0. The lowest BCUT2D eigenvalue weighted by Crippen LogP contribution is -2.13. The van der Waals surface area contributed by atoms with Gasteiger partial charge in [-0.1, -0.05) is 60.7 Å². The predicted molar refractivity (Wildman–Crippen MR) is 73.1 cm³/mol. The molecule has 2 aliphatic rings. The highest BCUT2D eigenvalue weighted by Gasteiger charge is 2.09. The summed E-state index contributed by atoms with van der Waals surface area (Å²) in [5.74, 6) is 0. The minimum Gasteiger partial charge on any atom is -0.0614 e. The minimum absolute atomic E-state index is 1.05. The highest BCUT2D eigenvalue weighted by Crippen LogP contribution is 2.19. The summed E-state index contributed by atoms with van der Waals surface area (Å²) in [4.78, 5) is 0. The van der Waals surface area contributed by atoms with Crippen LogP contribution in [-0.2, 0) is 6.42 Å². The third-order valence-electron chi connectivity index (χ3n) is 3.67. The molecule has 0 spiro atoms. The molecule has 0 fully saturated rings. The van der Waals surface area contributed by atoms with Gasteiger partial charge in [-0.25, -0.2) is 0 Å². The zero-order valence-corrected chi connectivity index (χ0v) is 9.48. The zero-order valence-electron chi connectivity index (χ0n) is 9.48. The van der Waals surface area contributed by atoms with E-state index in [0.717, 1.165) is 6.42 Å². The first-order valence-electron chi connectivity index (χ1n) is 6.02. The first-order valence-corrected chi connectivity index (χ1v) is 6.02. The first kappa shape index (κ1) is 9.00. The maximum Gasteiger partial charge on any atom is -0.00134 e. The average Bonchev–Trinajstić information content (AvgIpc) is 2.68. The lowest BCUT2D eigenvalue weighted by atomic mass is 9.98. The molecular formula is C17H12. The van der Waals surface area contributed by atoms with Gasteiger partial charge in [0, 0.05) is 0 Å². The Hall–Kier alpha value is -2.08. The molecule has 0 nitrogen and oxygen atoms in total. The molecule has 4 rings (SSSR count). The average molecular weight is 216 g/mol. The van der Waals surface area contributed by atoms with Crippen LogP contribution in [0.25, 0.3) is 22.9 Å². The van der Waals surface area contributed by atoms with E-state index in [2.05, 4.69) is 60.7 Å². The second-order valence-corrected chi connectivity index (χ2v) is 4.69. The van der Waals surface area contributed by atoms with E-state index in [1.165, 1.54) is 32.3 Å². The number of hydrogen-bond donors (Lipinski definition) is 0. The number of allylic oxidation sites excluding steroid dienone is 4. The topological polar surface area (TPSA) is 0 Å². The van der Waals surface area contributed by atoms with Gasteiger partial charge in [-0.3, -0.25) is 0 Å². The van der Waals surface area contributed by atoms with Crippen molar-refractivity contribution in [2.45, 2.75) is 6.42 Å². The van der Waals surface area contributed by atoms with Crippen molar-refractivity contribution in [1.29, 1.82) is 0 Å². The van der Waals surface area contributed by atoms with Gasteiger partial charge in [-0.2, -0.15) is 0 Å². The van der Waals surface area contributed by atoms with Crippen molar-refractivity contribution in [1.82, 2.24) is 0 Å². The number of fused-ring (bicyclic) bond motifs is 1. The van der Waals surface area contributed by atoms with Crippen LogP contribution in [0.1, 0.15) is 5.56 Å². The summed E-state index contributed by atoms with van der Waals surface area (Å²) in [6, 6.07) is 11.0. The van der Waals surface area contributed by atoms with E-state index in [1.807, 2.05) is 0 Å². The Balaban J connectivity index is 2.37. The molecule has 0 heterocycles. The Morgan fingerprint density at radius 2 is 1.82 bits per heavy atom. The maximum absolute atomic E-state index is 2.24. The molecule has 17 heavy (non-hydrogen) atoms. The van der Waals surface area contributed by atoms with Crippen molar-refractivity contribution in [3.05, 3.63) is 70.1 Å². The number of hydrogen-bond acceptors (Lipinski definition) is 0. The van der Waals surface area contributed by atoms with Crippen molar-refractivity contribution < 1.29 is 0 Å². The van der Waals surface area contributed by atoms with Gasteiger partial charge >= 0.3 is 0 Å². The monoisotopic (exact) mass is 216 g/mol. The van der Waals surface area contributed by atoms with Crippen LogP contribution >= 0.6 is 0 Å². The van der Waals surface area contributed by atoms with Crippen LogP contribution in [0.15, 0.2) is 54.1 Å². The fourth-order valence-corrected chi connectivity index (χ4v) is 2.84. The van der Waals surface area contributed by atoms with Crippen LogP contribution in [0.2, 0.25) is 0 Å². The van der Waals surface area contributed by atoms with Gasteiger partial charge in [0.15, 0.2) is 0 Å². The molecule has 0 atom stereocenters. The van der Waals surface area contributed by atoms with Gasteiger partial charge in [-0.05, 0) is 38.8 Å². The van der Waals surface area contributed by atoms with Crippen LogP contribution < -0.4 is 10.4 Å². The van der Waals surface area contributed by atoms with Crippen molar-refractivity contribution >= 4 is 22.9 Å². The Morgan fingerprint density at radius 1 is 0.824 bits per heavy atom. The van der Waals surface area contributed by atoms with Gasteiger partial charge in [0.05, 0.1) is 0 Å². The Bertz CT molecular complexity index is 802. The van der Waals surface area contributed by atoms with Crippen molar-refractivity contribution in [2.75, 3.05) is 0 Å². The van der Waals surface area contributed by atoms with Crippen molar-refractivity contribution in [2.24, 2.45) is 0 Å². The molecule has 2 aromatic carbocycles. The zero-order chi connectivity index (χ0) is 11.2. The second kappa shape index (κ2) is 3.21. The van der Waals surface area contributed by atoms with Gasteiger partial charge in [0.1, 0.15) is 0 Å². The molecule has 0 unspecified atom stereocenters. The lowest BCUT2D eigenvalue weighted by Gasteiger charge is -2.06. The molecule has 0 saturated heterocycles. The standard InChI is InChI=1S/C17H12/c1-3-12-7-8-14-5-2-6-15-10-9-13(4-1)16(11-12)17(14)15/h1-10H,11H2. The molecular weight excluding hydrogens is 204 g/mol. The molecule has 0 radical (unpaired) electrons. The summed E-state index contributed by atoms with van der Waals surface area (Å²) in [5, 5.41) is 5.48. The SMILES string of the molecule is C1=CC2=CC=c3cccc4ccc(c(c34)C2)=C1. The van der Waals surface area contributed by atoms with E-state index < -0.39 is 0 Å². The normalized spacial score (nSPS) is 15.9. The van der Waals surface area contributed by atoms with Gasteiger partial charge in [0.25, 0.3) is 0 Å². The van der Waals surface area contributed by atoms with E-state index in [-0.39, 0.29) is 0 Å². The molecule has 0 saturated carbocycles. The van der Waals surface area contributed by atoms with E-state index >= 15 is 0 Å². The van der Waals surface area contributed by atoms with E-state index in [0.29, 0.717) is 0 Å². The molecule has 0 aliphatic heterocycles. The summed E-state index contributed by atoms with van der Waals surface area (Å²) >= 11 is 0. The first-order chi connectivity index (χ1) is 8.42. The van der Waals surface area contributed by atoms with Crippen LogP contribution in [0.5, 0.6) is 0 Å². The largest absolute Gasteiger partial charge is 0.0614 e. The van der Waals surface area contributed by atoms with E-state index in [9.17, 15) is 0 Å². The maximum atomic E-state index is 2.24. The second-order valence-electron chi connectivity index (χ2n) is 4.69. The Labute approximate surface area is 99.9 Å². The molecule has 2 aromatic rings. The molecule has 0 aromatic heterocycles. The van der Waals surface area contributed by atoms with E-state index in [4.69, 9.17) is 0 Å². The Kier molecular flexibility index (Phi) is 1.70. The predicted octanol–water partition coefficient (Wildman–Crippen LogP) is 2.45. The van der Waals surface area contributed by atoms with Crippen LogP contribution in [0.3, 0.4) is 0 Å². The highest BCUT2D eigenvalue weighted by molar-refractivity contribution is 5.89. The molecule has 0 N–H and O–H groups in total. The summed E-state index contributed by atoms with van der Waals surface area (Å²) in [5.41, 5.74) is 2.87. The molecule has 80 valence electrons. The fraction of sp³-hybridized carbons (Fsp3) is 0.0588. The van der Waals surface area contributed by atoms with Gasteiger partial charge in [-0.15, -0.1) is 0 Å². The smallest absolute Gasteiger partial charge is 0.00134 e. The van der Waals surface area contributed by atoms with Crippen LogP contribution in [0, 0.1) is 0 Å². The lowest BCUT2D eigenvalue weighted by molar-refractivity contribution is 1.21. The molecule has 0 heteroatoms. The fourth-order valence-electron chi connectivity index (χ4n) is 2.84. The third kappa shape index (κ3) is 1.24. The quantitative estimate of drug-likeness (QED) is 0.634. The van der Waals surface area contributed by atoms with Crippen molar-refractivity contribution in [3.8, 4) is 0 Å². The number of rotatable bonds is 0. The van der Waals surface area contributed by atoms with Crippen LogP contribution in [0.4, 0.5) is 0 Å². The van der Waals surface area contributed by atoms with Crippen molar-refractivity contribution in [3.63, 3.8) is 0 Å². The summed E-state index contributed by atoms with van der Waals surface area (Å²) in [7, 11) is 0.